The highest BCUT2D eigenvalue weighted by molar-refractivity contribution is 5.29. The van der Waals surface area contributed by atoms with Gasteiger partial charge in [0.1, 0.15) is 0 Å². The zero-order valence-corrected chi connectivity index (χ0v) is 8.71. The number of fused-ring (bicyclic) bond motifs is 1. The number of nitrogens with one attached hydrogen (secondary N) is 1. The number of hydrogen-bond donors (Lipinski definition) is 1. The van der Waals surface area contributed by atoms with Crippen molar-refractivity contribution in [3.8, 4) is 5.88 Å². The van der Waals surface area contributed by atoms with E-state index in [0.29, 0.717) is 5.92 Å². The molecule has 1 aliphatic rings. The topological polar surface area (TPSA) is 34.1 Å². The third kappa shape index (κ3) is 1.73. The summed E-state index contributed by atoms with van der Waals surface area (Å²) in [5.41, 5.74) is 2.54. The third-order valence-corrected chi connectivity index (χ3v) is 2.68. The largest absolute Gasteiger partial charge is 0.481 e. The van der Waals surface area contributed by atoms with Crippen LogP contribution in [0.15, 0.2) is 12.1 Å². The minimum atomic E-state index is 0.475. The van der Waals surface area contributed by atoms with Crippen LogP contribution >= 0.6 is 0 Å². The summed E-state index contributed by atoms with van der Waals surface area (Å²) in [7, 11) is 1.66. The fraction of sp³-hybridized carbons (Fsp3) is 0.545. The molecular weight excluding hydrogens is 176 g/mol. The van der Waals surface area contributed by atoms with Crippen LogP contribution in [0, 0.1) is 0 Å². The number of hydrogen-bond acceptors (Lipinski definition) is 3. The van der Waals surface area contributed by atoms with Gasteiger partial charge < -0.3 is 10.1 Å². The normalized spacial score (nSPS) is 21.1. The lowest BCUT2D eigenvalue weighted by Gasteiger charge is -2.11. The van der Waals surface area contributed by atoms with Crippen LogP contribution in [-0.4, -0.2) is 25.2 Å². The minimum absolute atomic E-state index is 0.475. The molecule has 1 atom stereocenters. The van der Waals surface area contributed by atoms with E-state index in [1.165, 1.54) is 11.3 Å². The molecule has 0 aliphatic carbocycles. The number of rotatable bonds is 1. The van der Waals surface area contributed by atoms with Gasteiger partial charge in [0.15, 0.2) is 0 Å². The van der Waals surface area contributed by atoms with Crippen LogP contribution in [-0.2, 0) is 6.42 Å². The molecule has 0 radical (unpaired) electrons. The van der Waals surface area contributed by atoms with E-state index < -0.39 is 0 Å². The van der Waals surface area contributed by atoms with Gasteiger partial charge in [-0.1, -0.05) is 13.0 Å². The van der Waals surface area contributed by atoms with E-state index in [9.17, 15) is 0 Å². The molecule has 2 heterocycles. The van der Waals surface area contributed by atoms with Gasteiger partial charge in [0.2, 0.25) is 5.88 Å². The second-order valence-electron chi connectivity index (χ2n) is 3.75. The standard InChI is InChI=1S/C11H16N2O/c1-8-7-12-6-5-9-3-4-10(14-2)13-11(8)9/h3-4,8,12H,5-7H2,1-2H3. The van der Waals surface area contributed by atoms with Gasteiger partial charge in [0.25, 0.3) is 0 Å². The number of methoxy groups -OCH3 is 1. The van der Waals surface area contributed by atoms with Crippen LogP contribution in [0.4, 0.5) is 0 Å². The Morgan fingerprint density at radius 2 is 2.36 bits per heavy atom. The van der Waals surface area contributed by atoms with Crippen molar-refractivity contribution in [2.75, 3.05) is 20.2 Å². The summed E-state index contributed by atoms with van der Waals surface area (Å²) in [5, 5.41) is 3.40. The number of pyridine rings is 1. The molecule has 1 unspecified atom stereocenters. The fourth-order valence-corrected chi connectivity index (χ4v) is 1.88. The SMILES string of the molecule is COc1ccc2c(n1)C(C)CNCC2. The monoisotopic (exact) mass is 192 g/mol. The molecule has 0 aromatic carbocycles. The van der Waals surface area contributed by atoms with Crippen LogP contribution in [0.3, 0.4) is 0 Å². The molecule has 14 heavy (non-hydrogen) atoms. The van der Waals surface area contributed by atoms with Crippen molar-refractivity contribution >= 4 is 0 Å². The molecule has 0 saturated carbocycles. The molecule has 0 fully saturated rings. The molecule has 3 nitrogen and oxygen atoms in total. The van der Waals surface area contributed by atoms with Crippen LogP contribution in [0.5, 0.6) is 5.88 Å². The summed E-state index contributed by atoms with van der Waals surface area (Å²) in [4.78, 5) is 4.51. The van der Waals surface area contributed by atoms with Crippen LogP contribution in [0.25, 0.3) is 0 Å². The van der Waals surface area contributed by atoms with Crippen LogP contribution in [0.1, 0.15) is 24.1 Å². The Hall–Kier alpha value is -1.09. The van der Waals surface area contributed by atoms with Gasteiger partial charge in [-0.05, 0) is 18.5 Å². The van der Waals surface area contributed by atoms with Crippen molar-refractivity contribution in [3.63, 3.8) is 0 Å². The van der Waals surface area contributed by atoms with Gasteiger partial charge in [-0.25, -0.2) is 4.98 Å². The predicted molar refractivity (Wildman–Crippen MR) is 55.8 cm³/mol. The van der Waals surface area contributed by atoms with Gasteiger partial charge in [-0.15, -0.1) is 0 Å². The molecule has 1 aromatic rings. The number of nitrogens with zero attached hydrogens (tertiary/aromatic N) is 1. The smallest absolute Gasteiger partial charge is 0.213 e. The molecule has 0 spiro atoms. The molecule has 0 bridgehead atoms. The van der Waals surface area contributed by atoms with E-state index in [2.05, 4.69) is 23.3 Å². The van der Waals surface area contributed by atoms with Crippen LogP contribution in [0.2, 0.25) is 0 Å². The first-order valence-corrected chi connectivity index (χ1v) is 5.06. The maximum atomic E-state index is 5.14. The summed E-state index contributed by atoms with van der Waals surface area (Å²) in [5.74, 6) is 1.19. The molecule has 2 rings (SSSR count). The molecule has 0 saturated heterocycles. The first-order chi connectivity index (χ1) is 6.81. The average molecular weight is 192 g/mol. The third-order valence-electron chi connectivity index (χ3n) is 2.68. The van der Waals surface area contributed by atoms with Gasteiger partial charge in [0, 0.05) is 18.5 Å². The minimum Gasteiger partial charge on any atom is -0.481 e. The Morgan fingerprint density at radius 1 is 1.50 bits per heavy atom. The second-order valence-corrected chi connectivity index (χ2v) is 3.75. The highest BCUT2D eigenvalue weighted by Crippen LogP contribution is 2.22. The lowest BCUT2D eigenvalue weighted by molar-refractivity contribution is 0.395. The Balaban J connectivity index is 2.39. The maximum Gasteiger partial charge on any atom is 0.213 e. The van der Waals surface area contributed by atoms with Crippen molar-refractivity contribution in [2.24, 2.45) is 0 Å². The van der Waals surface area contributed by atoms with E-state index in [1.807, 2.05) is 6.07 Å². The van der Waals surface area contributed by atoms with Gasteiger partial charge in [-0.3, -0.25) is 0 Å². The molecule has 1 N–H and O–H groups in total. The van der Waals surface area contributed by atoms with Crippen molar-refractivity contribution in [2.45, 2.75) is 19.3 Å². The number of aromatic nitrogens is 1. The maximum absolute atomic E-state index is 5.14. The summed E-state index contributed by atoms with van der Waals surface area (Å²) >= 11 is 0. The zero-order chi connectivity index (χ0) is 9.97. The summed E-state index contributed by atoms with van der Waals surface area (Å²) in [6.07, 6.45) is 1.07. The first-order valence-electron chi connectivity index (χ1n) is 5.06. The van der Waals surface area contributed by atoms with Crippen molar-refractivity contribution in [3.05, 3.63) is 23.4 Å². The van der Waals surface area contributed by atoms with E-state index in [-0.39, 0.29) is 0 Å². The molecule has 1 aromatic heterocycles. The van der Waals surface area contributed by atoms with Gasteiger partial charge >= 0.3 is 0 Å². The Bertz CT molecular complexity index is 325. The van der Waals surface area contributed by atoms with E-state index in [1.54, 1.807) is 7.11 Å². The second kappa shape index (κ2) is 3.96. The summed E-state index contributed by atoms with van der Waals surface area (Å²) < 4.78 is 5.14. The van der Waals surface area contributed by atoms with Crippen LogP contribution < -0.4 is 10.1 Å². The van der Waals surface area contributed by atoms with E-state index in [4.69, 9.17) is 4.74 Å². The highest BCUT2D eigenvalue weighted by atomic mass is 16.5. The molecule has 1 aliphatic heterocycles. The first kappa shape index (κ1) is 9.46. The predicted octanol–water partition coefficient (Wildman–Crippen LogP) is 1.34. The van der Waals surface area contributed by atoms with Gasteiger partial charge in [-0.2, -0.15) is 0 Å². The fourth-order valence-electron chi connectivity index (χ4n) is 1.88. The Morgan fingerprint density at radius 3 is 3.14 bits per heavy atom. The molecular formula is C11H16N2O. The quantitative estimate of drug-likeness (QED) is 0.729. The van der Waals surface area contributed by atoms with Crippen molar-refractivity contribution in [1.29, 1.82) is 0 Å². The van der Waals surface area contributed by atoms with E-state index in [0.717, 1.165) is 25.4 Å². The molecule has 76 valence electrons. The Labute approximate surface area is 84.5 Å². The number of ether oxygens (including phenoxy) is 1. The highest BCUT2D eigenvalue weighted by Gasteiger charge is 2.16. The van der Waals surface area contributed by atoms with Crippen molar-refractivity contribution in [1.82, 2.24) is 10.3 Å². The molecule has 0 amide bonds. The summed E-state index contributed by atoms with van der Waals surface area (Å²) in [6, 6.07) is 4.07. The van der Waals surface area contributed by atoms with Gasteiger partial charge in [0.05, 0.1) is 12.8 Å². The Kier molecular flexibility index (Phi) is 2.68. The summed E-state index contributed by atoms with van der Waals surface area (Å²) in [6.45, 7) is 4.25. The van der Waals surface area contributed by atoms with Crippen molar-refractivity contribution < 1.29 is 4.74 Å². The van der Waals surface area contributed by atoms with E-state index >= 15 is 0 Å². The average Bonchev–Trinajstić information content (AvgIpc) is 2.40. The lowest BCUT2D eigenvalue weighted by atomic mass is 10.0. The zero-order valence-electron chi connectivity index (χ0n) is 8.71. The molecule has 3 heteroatoms. The lowest BCUT2D eigenvalue weighted by Crippen LogP contribution is -2.18.